The zero-order valence-electron chi connectivity index (χ0n) is 8.10. The third kappa shape index (κ3) is 2.19. The molecule has 5 heteroatoms. The molecule has 0 aromatic carbocycles. The molecule has 15 heavy (non-hydrogen) atoms. The maximum Gasteiger partial charge on any atom is 0.277 e. The van der Waals surface area contributed by atoms with Gasteiger partial charge in [-0.15, -0.1) is 0 Å². The van der Waals surface area contributed by atoms with Crippen LogP contribution in [0.3, 0.4) is 0 Å². The molecule has 0 atom stereocenters. The van der Waals surface area contributed by atoms with Crippen LogP contribution in [0.25, 0.3) is 0 Å². The zero-order chi connectivity index (χ0) is 10.7. The van der Waals surface area contributed by atoms with Gasteiger partial charge < -0.3 is 9.84 Å². The van der Waals surface area contributed by atoms with E-state index in [1.165, 1.54) is 12.3 Å². The van der Waals surface area contributed by atoms with Gasteiger partial charge in [0.1, 0.15) is 6.26 Å². The van der Waals surface area contributed by atoms with Crippen LogP contribution >= 0.6 is 0 Å². The summed E-state index contributed by atoms with van der Waals surface area (Å²) in [5.41, 5.74) is 1.79. The van der Waals surface area contributed by atoms with Crippen LogP contribution in [0.15, 0.2) is 35.2 Å². The highest BCUT2D eigenvalue weighted by molar-refractivity contribution is 6.02. The molecule has 5 nitrogen and oxygen atoms in total. The number of nitrogens with zero attached hydrogens (tertiary/aromatic N) is 2. The Labute approximate surface area is 86.1 Å². The van der Waals surface area contributed by atoms with Crippen molar-refractivity contribution in [2.24, 2.45) is 0 Å². The van der Waals surface area contributed by atoms with Gasteiger partial charge in [-0.3, -0.25) is 9.78 Å². The second-order valence-corrected chi connectivity index (χ2v) is 3.02. The van der Waals surface area contributed by atoms with Crippen LogP contribution < -0.4 is 5.32 Å². The number of anilines is 1. The number of nitrogens with one attached hydrogen (secondary N) is 1. The topological polar surface area (TPSA) is 68.0 Å². The van der Waals surface area contributed by atoms with Crippen LogP contribution in [0.1, 0.15) is 16.2 Å². The third-order valence-corrected chi connectivity index (χ3v) is 1.82. The van der Waals surface area contributed by atoms with Gasteiger partial charge in [0.05, 0.1) is 0 Å². The molecule has 2 aromatic heterocycles. The number of aromatic nitrogens is 2. The number of carbonyl (C=O) groups is 1. The maximum atomic E-state index is 11.5. The monoisotopic (exact) mass is 203 g/mol. The molecule has 0 aliphatic rings. The predicted molar refractivity (Wildman–Crippen MR) is 53.4 cm³/mol. The van der Waals surface area contributed by atoms with E-state index in [4.69, 9.17) is 0 Å². The fourth-order valence-corrected chi connectivity index (χ4v) is 1.15. The summed E-state index contributed by atoms with van der Waals surface area (Å²) in [5, 5.41) is 6.22. The Balaban J connectivity index is 2.13. The standard InChI is InChI=1S/C10H9N3O2/c1-7-6-8(2-4-11-7)12-10(14)9-3-5-15-13-9/h2-6H,1H3,(H,11,12,14). The highest BCUT2D eigenvalue weighted by atomic mass is 16.5. The quantitative estimate of drug-likeness (QED) is 0.805. The number of hydrogen-bond donors (Lipinski definition) is 1. The van der Waals surface area contributed by atoms with Crippen molar-refractivity contribution in [3.05, 3.63) is 42.0 Å². The van der Waals surface area contributed by atoms with Crippen LogP contribution in [0.2, 0.25) is 0 Å². The summed E-state index contributed by atoms with van der Waals surface area (Å²) in [6.07, 6.45) is 2.99. The smallest absolute Gasteiger partial charge is 0.277 e. The average molecular weight is 203 g/mol. The summed E-state index contributed by atoms with van der Waals surface area (Å²) in [7, 11) is 0. The van der Waals surface area contributed by atoms with Gasteiger partial charge in [0.2, 0.25) is 0 Å². The summed E-state index contributed by atoms with van der Waals surface area (Å²) in [6, 6.07) is 4.99. The Morgan fingerprint density at radius 2 is 2.33 bits per heavy atom. The molecule has 0 fully saturated rings. The number of hydrogen-bond acceptors (Lipinski definition) is 4. The largest absolute Gasteiger partial charge is 0.364 e. The van der Waals surface area contributed by atoms with Crippen LogP contribution in [0, 0.1) is 6.92 Å². The molecule has 0 bridgehead atoms. The van der Waals surface area contributed by atoms with Crippen LogP contribution in [0.5, 0.6) is 0 Å². The van der Waals surface area contributed by atoms with E-state index in [0.29, 0.717) is 5.69 Å². The van der Waals surface area contributed by atoms with Crippen molar-refractivity contribution in [3.8, 4) is 0 Å². The highest BCUT2D eigenvalue weighted by Gasteiger charge is 2.08. The van der Waals surface area contributed by atoms with Crippen LogP contribution in [-0.2, 0) is 0 Å². The zero-order valence-corrected chi connectivity index (χ0v) is 8.10. The molecule has 2 heterocycles. The molecule has 0 saturated carbocycles. The molecular weight excluding hydrogens is 194 g/mol. The summed E-state index contributed by atoms with van der Waals surface area (Å²) in [4.78, 5) is 15.6. The minimum Gasteiger partial charge on any atom is -0.364 e. The fourth-order valence-electron chi connectivity index (χ4n) is 1.15. The maximum absolute atomic E-state index is 11.5. The molecule has 2 aromatic rings. The molecule has 2 rings (SSSR count). The van der Waals surface area contributed by atoms with Gasteiger partial charge in [-0.1, -0.05) is 5.16 Å². The van der Waals surface area contributed by atoms with E-state index in [-0.39, 0.29) is 11.6 Å². The second-order valence-electron chi connectivity index (χ2n) is 3.02. The first-order valence-electron chi connectivity index (χ1n) is 4.40. The predicted octanol–water partition coefficient (Wildman–Crippen LogP) is 1.63. The molecule has 0 unspecified atom stereocenters. The van der Waals surface area contributed by atoms with Crippen molar-refractivity contribution >= 4 is 11.6 Å². The van der Waals surface area contributed by atoms with Crippen LogP contribution in [-0.4, -0.2) is 16.0 Å². The SMILES string of the molecule is Cc1cc(NC(=O)c2ccon2)ccn1. The molecular formula is C10H9N3O2. The first-order chi connectivity index (χ1) is 7.25. The minimum atomic E-state index is -0.297. The summed E-state index contributed by atoms with van der Waals surface area (Å²) < 4.78 is 4.57. The third-order valence-electron chi connectivity index (χ3n) is 1.82. The summed E-state index contributed by atoms with van der Waals surface area (Å²) in [5.74, 6) is -0.297. The van der Waals surface area contributed by atoms with E-state index < -0.39 is 0 Å². The Bertz CT molecular complexity index is 465. The van der Waals surface area contributed by atoms with E-state index in [1.54, 1.807) is 18.3 Å². The van der Waals surface area contributed by atoms with E-state index >= 15 is 0 Å². The molecule has 0 aliphatic heterocycles. The van der Waals surface area contributed by atoms with Gasteiger partial charge in [0.25, 0.3) is 5.91 Å². The molecule has 1 amide bonds. The van der Waals surface area contributed by atoms with E-state index in [9.17, 15) is 4.79 Å². The van der Waals surface area contributed by atoms with Gasteiger partial charge in [0, 0.05) is 23.6 Å². The minimum absolute atomic E-state index is 0.254. The van der Waals surface area contributed by atoms with Crippen molar-refractivity contribution in [3.63, 3.8) is 0 Å². The fraction of sp³-hybridized carbons (Fsp3) is 0.100. The van der Waals surface area contributed by atoms with E-state index in [2.05, 4.69) is 20.0 Å². The molecule has 0 saturated heterocycles. The number of aryl methyl sites for hydroxylation is 1. The molecule has 1 N–H and O–H groups in total. The lowest BCUT2D eigenvalue weighted by molar-refractivity contribution is 0.101. The number of pyridine rings is 1. The van der Waals surface area contributed by atoms with E-state index in [1.807, 2.05) is 6.92 Å². The van der Waals surface area contributed by atoms with Gasteiger partial charge in [-0.2, -0.15) is 0 Å². The Morgan fingerprint density at radius 1 is 1.47 bits per heavy atom. The van der Waals surface area contributed by atoms with E-state index in [0.717, 1.165) is 5.69 Å². The first kappa shape index (κ1) is 9.39. The second kappa shape index (κ2) is 3.91. The lowest BCUT2D eigenvalue weighted by Crippen LogP contribution is -2.12. The van der Waals surface area contributed by atoms with Gasteiger partial charge >= 0.3 is 0 Å². The normalized spacial score (nSPS) is 9.93. The number of amides is 1. The van der Waals surface area contributed by atoms with Crippen molar-refractivity contribution in [2.75, 3.05) is 5.32 Å². The lowest BCUT2D eigenvalue weighted by Gasteiger charge is -2.02. The van der Waals surface area contributed by atoms with Gasteiger partial charge in [-0.25, -0.2) is 0 Å². The van der Waals surface area contributed by atoms with Gasteiger partial charge in [0.15, 0.2) is 5.69 Å². The Morgan fingerprint density at radius 3 is 3.00 bits per heavy atom. The Hall–Kier alpha value is -2.17. The highest BCUT2D eigenvalue weighted by Crippen LogP contribution is 2.08. The molecule has 76 valence electrons. The number of rotatable bonds is 2. The van der Waals surface area contributed by atoms with Crippen molar-refractivity contribution in [2.45, 2.75) is 6.92 Å². The molecule has 0 radical (unpaired) electrons. The number of carbonyl (C=O) groups excluding carboxylic acids is 1. The van der Waals surface area contributed by atoms with Crippen LogP contribution in [0.4, 0.5) is 5.69 Å². The van der Waals surface area contributed by atoms with Crippen molar-refractivity contribution < 1.29 is 9.32 Å². The van der Waals surface area contributed by atoms with Crippen molar-refractivity contribution in [1.29, 1.82) is 0 Å². The molecule has 0 aliphatic carbocycles. The summed E-state index contributed by atoms with van der Waals surface area (Å²) in [6.45, 7) is 1.85. The first-order valence-corrected chi connectivity index (χ1v) is 4.40. The van der Waals surface area contributed by atoms with Crippen molar-refractivity contribution in [1.82, 2.24) is 10.1 Å². The Kier molecular flexibility index (Phi) is 2.45. The molecule has 0 spiro atoms. The summed E-state index contributed by atoms with van der Waals surface area (Å²) >= 11 is 0. The average Bonchev–Trinajstić information content (AvgIpc) is 2.70. The van der Waals surface area contributed by atoms with Gasteiger partial charge in [-0.05, 0) is 19.1 Å². The lowest BCUT2D eigenvalue weighted by atomic mass is 10.3.